The van der Waals surface area contributed by atoms with E-state index in [2.05, 4.69) is 4.98 Å². The summed E-state index contributed by atoms with van der Waals surface area (Å²) < 4.78 is 0. The lowest BCUT2D eigenvalue weighted by molar-refractivity contribution is -0.138. The standard InChI is InChI=1S/C18H14ClNO3S/c19-16-7-6-15(13-3-1-2-4-14(13)16)18-20-11(10-24-18)9-12(21)5-8-17(22)23/h1-4,6-7,10H,5,8-9H2,(H,22,23). The van der Waals surface area contributed by atoms with Gasteiger partial charge in [-0.3, -0.25) is 9.59 Å². The Bertz CT molecular complexity index is 920. The number of thiazole rings is 1. The number of rotatable bonds is 6. The second-order valence-electron chi connectivity index (χ2n) is 5.39. The number of benzene rings is 2. The maximum Gasteiger partial charge on any atom is 0.303 e. The molecule has 2 aromatic carbocycles. The zero-order valence-electron chi connectivity index (χ0n) is 12.7. The molecule has 0 aliphatic rings. The van der Waals surface area contributed by atoms with Crippen LogP contribution in [0.3, 0.4) is 0 Å². The minimum Gasteiger partial charge on any atom is -0.481 e. The first-order chi connectivity index (χ1) is 11.5. The largest absolute Gasteiger partial charge is 0.481 e. The molecule has 1 aromatic heterocycles. The number of carboxylic acid groups (broad SMARTS) is 1. The van der Waals surface area contributed by atoms with E-state index < -0.39 is 5.97 Å². The van der Waals surface area contributed by atoms with Crippen molar-refractivity contribution in [3.8, 4) is 10.6 Å². The number of fused-ring (bicyclic) bond motifs is 1. The molecule has 0 unspecified atom stereocenters. The third kappa shape index (κ3) is 3.63. The average molecular weight is 360 g/mol. The number of aromatic nitrogens is 1. The predicted molar refractivity (Wildman–Crippen MR) is 95.6 cm³/mol. The van der Waals surface area contributed by atoms with Crippen molar-refractivity contribution < 1.29 is 14.7 Å². The van der Waals surface area contributed by atoms with E-state index in [0.717, 1.165) is 21.3 Å². The predicted octanol–water partition coefficient (Wildman–Crippen LogP) is 4.59. The maximum atomic E-state index is 11.8. The molecule has 6 heteroatoms. The average Bonchev–Trinajstić information content (AvgIpc) is 3.02. The number of carbonyl (C=O) groups excluding carboxylic acids is 1. The van der Waals surface area contributed by atoms with E-state index in [0.29, 0.717) is 10.7 Å². The van der Waals surface area contributed by atoms with Gasteiger partial charge in [-0.05, 0) is 17.5 Å². The van der Waals surface area contributed by atoms with Gasteiger partial charge >= 0.3 is 5.97 Å². The molecule has 0 amide bonds. The number of hydrogen-bond acceptors (Lipinski definition) is 4. The number of carboxylic acids is 1. The number of Topliss-reactive ketones (excluding diaryl/α,β-unsaturated/α-hetero) is 1. The molecule has 24 heavy (non-hydrogen) atoms. The van der Waals surface area contributed by atoms with Crippen molar-refractivity contribution in [1.82, 2.24) is 4.98 Å². The summed E-state index contributed by atoms with van der Waals surface area (Å²) in [5.41, 5.74) is 1.65. The summed E-state index contributed by atoms with van der Waals surface area (Å²) in [5.74, 6) is -1.08. The lowest BCUT2D eigenvalue weighted by atomic mass is 10.0. The van der Waals surface area contributed by atoms with Gasteiger partial charge in [-0.25, -0.2) is 4.98 Å². The molecular weight excluding hydrogens is 346 g/mol. The van der Waals surface area contributed by atoms with Gasteiger partial charge in [0.15, 0.2) is 0 Å². The van der Waals surface area contributed by atoms with Crippen LogP contribution in [0, 0.1) is 0 Å². The molecule has 1 heterocycles. The zero-order valence-corrected chi connectivity index (χ0v) is 14.2. The van der Waals surface area contributed by atoms with Crippen LogP contribution < -0.4 is 0 Å². The molecule has 0 atom stereocenters. The highest BCUT2D eigenvalue weighted by Crippen LogP contribution is 2.34. The molecule has 0 saturated carbocycles. The summed E-state index contributed by atoms with van der Waals surface area (Å²) in [6, 6.07) is 11.6. The molecule has 4 nitrogen and oxygen atoms in total. The van der Waals surface area contributed by atoms with Gasteiger partial charge in [-0.15, -0.1) is 11.3 Å². The molecule has 0 spiro atoms. The van der Waals surface area contributed by atoms with E-state index in [1.807, 2.05) is 41.8 Å². The van der Waals surface area contributed by atoms with Crippen molar-refractivity contribution in [2.24, 2.45) is 0 Å². The Balaban J connectivity index is 1.85. The minimum atomic E-state index is -0.963. The van der Waals surface area contributed by atoms with Gasteiger partial charge in [0.05, 0.1) is 12.1 Å². The van der Waals surface area contributed by atoms with E-state index in [9.17, 15) is 9.59 Å². The van der Waals surface area contributed by atoms with Gasteiger partial charge in [0.2, 0.25) is 0 Å². The van der Waals surface area contributed by atoms with Crippen molar-refractivity contribution in [3.05, 3.63) is 52.5 Å². The fraction of sp³-hybridized carbons (Fsp3) is 0.167. The minimum absolute atomic E-state index is 0.0338. The summed E-state index contributed by atoms with van der Waals surface area (Å²) >= 11 is 7.71. The molecule has 0 aliphatic heterocycles. The van der Waals surface area contributed by atoms with E-state index in [1.165, 1.54) is 11.3 Å². The zero-order chi connectivity index (χ0) is 17.1. The first kappa shape index (κ1) is 16.6. The number of aliphatic carboxylic acids is 1. The van der Waals surface area contributed by atoms with Gasteiger partial charge in [0.1, 0.15) is 10.8 Å². The van der Waals surface area contributed by atoms with E-state index in [1.54, 1.807) is 0 Å². The summed E-state index contributed by atoms with van der Waals surface area (Å²) in [4.78, 5) is 26.9. The van der Waals surface area contributed by atoms with Crippen molar-refractivity contribution >= 4 is 45.5 Å². The van der Waals surface area contributed by atoms with Crippen molar-refractivity contribution in [2.45, 2.75) is 19.3 Å². The Hall–Kier alpha value is -2.24. The Morgan fingerprint density at radius 1 is 1.08 bits per heavy atom. The van der Waals surface area contributed by atoms with Crippen LogP contribution >= 0.6 is 22.9 Å². The molecule has 3 rings (SSSR count). The molecule has 3 aromatic rings. The van der Waals surface area contributed by atoms with Crippen LogP contribution in [0.25, 0.3) is 21.3 Å². The molecule has 1 N–H and O–H groups in total. The highest BCUT2D eigenvalue weighted by Gasteiger charge is 2.13. The van der Waals surface area contributed by atoms with Crippen LogP contribution in [0.5, 0.6) is 0 Å². The Morgan fingerprint density at radius 3 is 2.58 bits per heavy atom. The van der Waals surface area contributed by atoms with E-state index in [-0.39, 0.29) is 25.0 Å². The van der Waals surface area contributed by atoms with Crippen LogP contribution in [0.2, 0.25) is 5.02 Å². The van der Waals surface area contributed by atoms with E-state index >= 15 is 0 Å². The molecule has 0 bridgehead atoms. The first-order valence-corrected chi connectivity index (χ1v) is 8.66. The van der Waals surface area contributed by atoms with Crippen molar-refractivity contribution in [3.63, 3.8) is 0 Å². The topological polar surface area (TPSA) is 67.3 Å². The monoisotopic (exact) mass is 359 g/mol. The molecule has 0 saturated heterocycles. The highest BCUT2D eigenvalue weighted by molar-refractivity contribution is 7.13. The summed E-state index contributed by atoms with van der Waals surface area (Å²) in [6.07, 6.45) is 0.0546. The summed E-state index contributed by atoms with van der Waals surface area (Å²) in [7, 11) is 0. The summed E-state index contributed by atoms with van der Waals surface area (Å²) in [5, 5.41) is 14.0. The second-order valence-corrected chi connectivity index (χ2v) is 6.66. The lowest BCUT2D eigenvalue weighted by Gasteiger charge is -2.05. The van der Waals surface area contributed by atoms with Gasteiger partial charge in [0.25, 0.3) is 0 Å². The number of ketones is 1. The fourth-order valence-corrected chi connectivity index (χ4v) is 3.58. The number of carbonyl (C=O) groups is 2. The van der Waals surface area contributed by atoms with Crippen LogP contribution in [0.4, 0.5) is 0 Å². The number of nitrogens with zero attached hydrogens (tertiary/aromatic N) is 1. The molecule has 122 valence electrons. The van der Waals surface area contributed by atoms with Crippen LogP contribution in [-0.2, 0) is 16.0 Å². The Labute approximate surface area is 147 Å². The molecule has 0 radical (unpaired) electrons. The Kier molecular flexibility index (Phi) is 4.92. The maximum absolute atomic E-state index is 11.8. The highest BCUT2D eigenvalue weighted by atomic mass is 35.5. The van der Waals surface area contributed by atoms with Crippen LogP contribution in [-0.4, -0.2) is 21.8 Å². The van der Waals surface area contributed by atoms with Gasteiger partial charge in [-0.1, -0.05) is 35.9 Å². The smallest absolute Gasteiger partial charge is 0.303 e. The molecule has 0 aliphatic carbocycles. The van der Waals surface area contributed by atoms with E-state index in [4.69, 9.17) is 16.7 Å². The molecular formula is C18H14ClNO3S. The van der Waals surface area contributed by atoms with Gasteiger partial charge in [-0.2, -0.15) is 0 Å². The van der Waals surface area contributed by atoms with Gasteiger partial charge in [0, 0.05) is 34.2 Å². The number of hydrogen-bond donors (Lipinski definition) is 1. The lowest BCUT2D eigenvalue weighted by Crippen LogP contribution is -2.06. The van der Waals surface area contributed by atoms with Crippen molar-refractivity contribution in [2.75, 3.05) is 0 Å². The molecule has 0 fully saturated rings. The first-order valence-electron chi connectivity index (χ1n) is 7.40. The van der Waals surface area contributed by atoms with Crippen LogP contribution in [0.1, 0.15) is 18.5 Å². The van der Waals surface area contributed by atoms with Crippen molar-refractivity contribution in [1.29, 1.82) is 0 Å². The summed E-state index contributed by atoms with van der Waals surface area (Å²) in [6.45, 7) is 0. The quantitative estimate of drug-likeness (QED) is 0.698. The normalized spacial score (nSPS) is 10.9. The van der Waals surface area contributed by atoms with Crippen LogP contribution in [0.15, 0.2) is 41.8 Å². The number of halogens is 1. The van der Waals surface area contributed by atoms with Gasteiger partial charge < -0.3 is 5.11 Å². The SMILES string of the molecule is O=C(O)CCC(=O)Cc1csc(-c2ccc(Cl)c3ccccc23)n1. The third-order valence-corrected chi connectivity index (χ3v) is 4.90. The fourth-order valence-electron chi connectivity index (χ4n) is 2.50. The third-order valence-electron chi connectivity index (χ3n) is 3.65. The second kappa shape index (κ2) is 7.11. The Morgan fingerprint density at radius 2 is 1.83 bits per heavy atom.